The fraction of sp³-hybridized carbons (Fsp3) is 0.444. The van der Waals surface area contributed by atoms with Gasteiger partial charge in [0.05, 0.1) is 0 Å². The van der Waals surface area contributed by atoms with Crippen molar-refractivity contribution in [1.29, 1.82) is 0 Å². The van der Waals surface area contributed by atoms with E-state index in [9.17, 15) is 0 Å². The number of likely N-dealkylation sites (N-methyl/N-ethyl adjacent to an activating group) is 1. The predicted octanol–water partition coefficient (Wildman–Crippen LogP) is 3.41. The summed E-state index contributed by atoms with van der Waals surface area (Å²) in [4.78, 5) is 2.61. The van der Waals surface area contributed by atoms with E-state index in [1.807, 2.05) is 0 Å². The van der Waals surface area contributed by atoms with E-state index >= 15 is 0 Å². The van der Waals surface area contributed by atoms with Crippen molar-refractivity contribution in [2.24, 2.45) is 0 Å². The molecule has 0 amide bonds. The summed E-state index contributed by atoms with van der Waals surface area (Å²) >= 11 is 0. The average Bonchev–Trinajstić information content (AvgIpc) is 2.53. The monoisotopic (exact) mass is 268 g/mol. The van der Waals surface area contributed by atoms with Crippen LogP contribution in [0.2, 0.25) is 0 Å². The first-order chi connectivity index (χ1) is 9.86. The van der Waals surface area contributed by atoms with Gasteiger partial charge in [-0.2, -0.15) is 0 Å². The van der Waals surface area contributed by atoms with Gasteiger partial charge in [0, 0.05) is 19.1 Å². The standard InChI is InChI=1S/C18H24N2/c1-2-20(18-8-5-11-19-13-18)14-15-9-10-16-6-3-4-7-17(16)12-15/h3-4,6-7,9-10,12,18-19H,2,5,8,11,13-14H2,1H3. The fourth-order valence-corrected chi connectivity index (χ4v) is 3.22. The topological polar surface area (TPSA) is 15.3 Å². The highest BCUT2D eigenvalue weighted by atomic mass is 15.2. The lowest BCUT2D eigenvalue weighted by Crippen LogP contribution is -2.45. The minimum Gasteiger partial charge on any atom is -0.315 e. The summed E-state index contributed by atoms with van der Waals surface area (Å²) in [7, 11) is 0. The van der Waals surface area contributed by atoms with Gasteiger partial charge in [-0.1, -0.05) is 43.3 Å². The van der Waals surface area contributed by atoms with Gasteiger partial charge < -0.3 is 5.32 Å². The molecule has 1 heterocycles. The number of nitrogens with zero attached hydrogens (tertiary/aromatic N) is 1. The molecule has 2 aromatic rings. The molecule has 0 saturated carbocycles. The van der Waals surface area contributed by atoms with Crippen molar-refractivity contribution in [2.45, 2.75) is 32.4 Å². The maximum absolute atomic E-state index is 3.52. The van der Waals surface area contributed by atoms with E-state index in [2.05, 4.69) is 59.6 Å². The van der Waals surface area contributed by atoms with Crippen LogP contribution in [0.1, 0.15) is 25.3 Å². The Hall–Kier alpha value is -1.38. The lowest BCUT2D eigenvalue weighted by atomic mass is 10.0. The van der Waals surface area contributed by atoms with Crippen LogP contribution < -0.4 is 5.32 Å². The molecule has 2 aromatic carbocycles. The van der Waals surface area contributed by atoms with E-state index in [1.165, 1.54) is 35.7 Å². The second kappa shape index (κ2) is 6.38. The van der Waals surface area contributed by atoms with Crippen LogP contribution in [0.3, 0.4) is 0 Å². The van der Waals surface area contributed by atoms with Crippen molar-refractivity contribution in [3.63, 3.8) is 0 Å². The Balaban J connectivity index is 1.76. The molecule has 0 aromatic heterocycles. The zero-order valence-corrected chi connectivity index (χ0v) is 12.3. The molecule has 0 bridgehead atoms. The molecule has 2 nitrogen and oxygen atoms in total. The fourth-order valence-electron chi connectivity index (χ4n) is 3.22. The second-order valence-corrected chi connectivity index (χ2v) is 5.74. The molecule has 1 unspecified atom stereocenters. The summed E-state index contributed by atoms with van der Waals surface area (Å²) in [6.07, 6.45) is 2.63. The largest absolute Gasteiger partial charge is 0.315 e. The minimum atomic E-state index is 0.695. The number of nitrogens with one attached hydrogen (secondary N) is 1. The molecule has 3 rings (SSSR count). The van der Waals surface area contributed by atoms with Crippen molar-refractivity contribution in [2.75, 3.05) is 19.6 Å². The maximum atomic E-state index is 3.52. The van der Waals surface area contributed by atoms with Gasteiger partial charge in [0.25, 0.3) is 0 Å². The highest BCUT2D eigenvalue weighted by Crippen LogP contribution is 2.19. The molecule has 1 aliphatic heterocycles. The first-order valence-electron chi connectivity index (χ1n) is 7.79. The predicted molar refractivity (Wildman–Crippen MR) is 85.9 cm³/mol. The molecule has 1 saturated heterocycles. The third-order valence-electron chi connectivity index (χ3n) is 4.39. The van der Waals surface area contributed by atoms with Crippen LogP contribution in [-0.4, -0.2) is 30.6 Å². The third kappa shape index (κ3) is 3.02. The lowest BCUT2D eigenvalue weighted by molar-refractivity contribution is 0.166. The summed E-state index contributed by atoms with van der Waals surface area (Å²) in [6, 6.07) is 16.2. The molecule has 0 radical (unpaired) electrons. The van der Waals surface area contributed by atoms with Crippen molar-refractivity contribution in [3.05, 3.63) is 48.0 Å². The van der Waals surface area contributed by atoms with Gasteiger partial charge in [-0.15, -0.1) is 0 Å². The molecule has 0 aliphatic carbocycles. The third-order valence-corrected chi connectivity index (χ3v) is 4.39. The smallest absolute Gasteiger partial charge is 0.0237 e. The molecule has 0 spiro atoms. The van der Waals surface area contributed by atoms with Crippen molar-refractivity contribution in [1.82, 2.24) is 10.2 Å². The van der Waals surface area contributed by atoms with Gasteiger partial charge >= 0.3 is 0 Å². The Morgan fingerprint density at radius 3 is 2.75 bits per heavy atom. The Bertz CT molecular complexity index is 558. The van der Waals surface area contributed by atoms with Crippen LogP contribution in [0.5, 0.6) is 0 Å². The lowest BCUT2D eigenvalue weighted by Gasteiger charge is -2.34. The Labute approximate surface area is 121 Å². The summed E-state index contributed by atoms with van der Waals surface area (Å²) < 4.78 is 0. The number of hydrogen-bond donors (Lipinski definition) is 1. The molecule has 2 heteroatoms. The van der Waals surface area contributed by atoms with Gasteiger partial charge in [-0.05, 0) is 48.3 Å². The van der Waals surface area contributed by atoms with Gasteiger partial charge in [-0.3, -0.25) is 4.90 Å². The molecular weight excluding hydrogens is 244 g/mol. The van der Waals surface area contributed by atoms with Crippen LogP contribution in [0.15, 0.2) is 42.5 Å². The summed E-state index contributed by atoms with van der Waals surface area (Å²) in [5, 5.41) is 6.21. The quantitative estimate of drug-likeness (QED) is 0.914. The van der Waals surface area contributed by atoms with E-state index in [0.717, 1.165) is 19.6 Å². The Morgan fingerprint density at radius 2 is 2.00 bits per heavy atom. The number of rotatable bonds is 4. The van der Waals surface area contributed by atoms with Crippen LogP contribution in [0.25, 0.3) is 10.8 Å². The van der Waals surface area contributed by atoms with E-state index < -0.39 is 0 Å². The first kappa shape index (κ1) is 13.6. The van der Waals surface area contributed by atoms with E-state index in [1.54, 1.807) is 0 Å². The molecule has 1 fully saturated rings. The number of fused-ring (bicyclic) bond motifs is 1. The average molecular weight is 268 g/mol. The van der Waals surface area contributed by atoms with Crippen molar-refractivity contribution >= 4 is 10.8 Å². The second-order valence-electron chi connectivity index (χ2n) is 5.74. The first-order valence-corrected chi connectivity index (χ1v) is 7.79. The zero-order valence-electron chi connectivity index (χ0n) is 12.3. The zero-order chi connectivity index (χ0) is 13.8. The number of piperidine rings is 1. The van der Waals surface area contributed by atoms with Crippen LogP contribution in [0, 0.1) is 0 Å². The molecule has 106 valence electrons. The molecule has 1 N–H and O–H groups in total. The summed E-state index contributed by atoms with van der Waals surface area (Å²) in [5.74, 6) is 0. The molecule has 1 aliphatic rings. The normalized spacial score (nSPS) is 19.6. The highest BCUT2D eigenvalue weighted by Gasteiger charge is 2.19. The number of benzene rings is 2. The molecular formula is C18H24N2. The number of hydrogen-bond acceptors (Lipinski definition) is 2. The summed E-state index contributed by atoms with van der Waals surface area (Å²) in [5.41, 5.74) is 1.43. The Kier molecular flexibility index (Phi) is 4.34. The molecule has 1 atom stereocenters. The van der Waals surface area contributed by atoms with Crippen molar-refractivity contribution < 1.29 is 0 Å². The van der Waals surface area contributed by atoms with E-state index in [4.69, 9.17) is 0 Å². The SMILES string of the molecule is CCN(Cc1ccc2ccccc2c1)C1CCCNC1. The van der Waals surface area contributed by atoms with Crippen LogP contribution in [-0.2, 0) is 6.54 Å². The van der Waals surface area contributed by atoms with Gasteiger partial charge in [0.1, 0.15) is 0 Å². The molecule has 20 heavy (non-hydrogen) atoms. The minimum absolute atomic E-state index is 0.695. The maximum Gasteiger partial charge on any atom is 0.0237 e. The van der Waals surface area contributed by atoms with Gasteiger partial charge in [-0.25, -0.2) is 0 Å². The highest BCUT2D eigenvalue weighted by molar-refractivity contribution is 5.82. The van der Waals surface area contributed by atoms with E-state index in [0.29, 0.717) is 6.04 Å². The van der Waals surface area contributed by atoms with Gasteiger partial charge in [0.15, 0.2) is 0 Å². The summed E-state index contributed by atoms with van der Waals surface area (Å²) in [6.45, 7) is 6.79. The Morgan fingerprint density at radius 1 is 1.15 bits per heavy atom. The van der Waals surface area contributed by atoms with Gasteiger partial charge in [0.2, 0.25) is 0 Å². The van der Waals surface area contributed by atoms with E-state index in [-0.39, 0.29) is 0 Å². The van der Waals surface area contributed by atoms with Crippen LogP contribution in [0.4, 0.5) is 0 Å². The van der Waals surface area contributed by atoms with Crippen LogP contribution >= 0.6 is 0 Å². The van der Waals surface area contributed by atoms with Crippen molar-refractivity contribution in [3.8, 4) is 0 Å².